The van der Waals surface area contributed by atoms with Crippen molar-refractivity contribution in [2.24, 2.45) is 11.8 Å². The first-order valence-electron chi connectivity index (χ1n) is 17.2. The normalized spacial score (nSPS) is 13.6. The van der Waals surface area contributed by atoms with Crippen molar-refractivity contribution < 1.29 is 4.79 Å². The maximum atomic E-state index is 15.1. The van der Waals surface area contributed by atoms with Gasteiger partial charge in [-0.05, 0) is 61.1 Å². The largest absolute Gasteiger partial charge is 0.341 e. The molecule has 252 valence electrons. The molecule has 0 amide bonds. The third-order valence-electron chi connectivity index (χ3n) is 9.40. The van der Waals surface area contributed by atoms with Gasteiger partial charge in [0.25, 0.3) is 0 Å². The maximum absolute atomic E-state index is 15.1. The van der Waals surface area contributed by atoms with E-state index in [0.717, 1.165) is 33.6 Å². The number of benzene rings is 2. The lowest BCUT2D eigenvalue weighted by atomic mass is 9.74. The number of nitrogens with zero attached hydrogens (tertiary/aromatic N) is 4. The zero-order valence-electron chi connectivity index (χ0n) is 28.4. The Kier molecular flexibility index (Phi) is 10.9. The van der Waals surface area contributed by atoms with E-state index in [2.05, 4.69) is 19.9 Å². The van der Waals surface area contributed by atoms with Gasteiger partial charge in [0.1, 0.15) is 11.6 Å². The molecule has 0 aliphatic rings. The van der Waals surface area contributed by atoms with E-state index in [1.165, 1.54) is 0 Å². The average Bonchev–Trinajstić information content (AvgIpc) is 3.86. The van der Waals surface area contributed by atoms with Crippen molar-refractivity contribution in [1.82, 2.24) is 29.9 Å². The average molecular weight is 663 g/mol. The van der Waals surface area contributed by atoms with Crippen molar-refractivity contribution in [3.05, 3.63) is 145 Å². The van der Waals surface area contributed by atoms with Crippen LogP contribution in [0.5, 0.6) is 0 Å². The molecule has 6 rings (SSSR count). The van der Waals surface area contributed by atoms with Gasteiger partial charge in [0.2, 0.25) is 0 Å². The molecule has 0 spiro atoms. The van der Waals surface area contributed by atoms with Gasteiger partial charge < -0.3 is 20.8 Å². The van der Waals surface area contributed by atoms with Gasteiger partial charge in [-0.2, -0.15) is 0 Å². The summed E-state index contributed by atoms with van der Waals surface area (Å²) in [5.41, 5.74) is 6.09. The molecule has 0 saturated carbocycles. The Balaban J connectivity index is 1.36. The smallest absolute Gasteiger partial charge is 0.150 e. The molecule has 4 unspecified atom stereocenters. The number of aromatic amines is 2. The minimum atomic E-state index is -0.771. The molecular weight excluding hydrogens is 621 g/mol. The third-order valence-corrected chi connectivity index (χ3v) is 9.40. The van der Waals surface area contributed by atoms with Crippen LogP contribution >= 0.6 is 0 Å². The topological polar surface area (TPSA) is 148 Å². The van der Waals surface area contributed by atoms with E-state index in [9.17, 15) is 10.8 Å². The molecule has 6 aromatic rings. The van der Waals surface area contributed by atoms with Crippen LogP contribution in [-0.4, -0.2) is 47.1 Å². The number of carbonyl (C=O) groups excluding carboxylic acids is 1. The number of nitrogens with one attached hydrogen (secondary N) is 4. The van der Waals surface area contributed by atoms with E-state index in [-0.39, 0.29) is 5.78 Å². The summed E-state index contributed by atoms with van der Waals surface area (Å²) in [6, 6.07) is 27.4. The fourth-order valence-electron chi connectivity index (χ4n) is 6.66. The summed E-state index contributed by atoms with van der Waals surface area (Å²) in [7, 11) is 0. The predicted octanol–water partition coefficient (Wildman–Crippen LogP) is 8.27. The van der Waals surface area contributed by atoms with Crippen LogP contribution in [0, 0.1) is 22.7 Å². The van der Waals surface area contributed by atoms with E-state index in [4.69, 9.17) is 9.97 Å². The van der Waals surface area contributed by atoms with Gasteiger partial charge in [-0.25, -0.2) is 9.97 Å². The van der Waals surface area contributed by atoms with Crippen molar-refractivity contribution in [1.29, 1.82) is 10.8 Å². The number of hydrogen-bond acceptors (Lipinski definition) is 7. The molecule has 0 saturated heterocycles. The fraction of sp³-hybridized carbons (Fsp3) is 0.244. The van der Waals surface area contributed by atoms with Crippen molar-refractivity contribution >= 4 is 17.2 Å². The first kappa shape index (κ1) is 34.0. The van der Waals surface area contributed by atoms with Crippen LogP contribution in [-0.2, 0) is 17.6 Å². The van der Waals surface area contributed by atoms with Crippen LogP contribution in [0.4, 0.5) is 0 Å². The molecule has 0 aliphatic heterocycles. The fourth-order valence-corrected chi connectivity index (χ4v) is 6.66. The molecule has 0 bridgehead atoms. The van der Waals surface area contributed by atoms with Crippen LogP contribution in [0.15, 0.2) is 122 Å². The van der Waals surface area contributed by atoms with Crippen molar-refractivity contribution in [2.45, 2.75) is 51.4 Å². The first-order chi connectivity index (χ1) is 24.5. The van der Waals surface area contributed by atoms with Crippen molar-refractivity contribution in [3.8, 4) is 22.5 Å². The Bertz CT molecular complexity index is 1860. The minimum absolute atomic E-state index is 0.133. The minimum Gasteiger partial charge on any atom is -0.341 e. The Morgan fingerprint density at radius 1 is 0.600 bits per heavy atom. The molecule has 2 aromatic carbocycles. The molecule has 9 heteroatoms. The number of pyridine rings is 2. The van der Waals surface area contributed by atoms with Gasteiger partial charge in [0.15, 0.2) is 5.78 Å². The molecule has 0 radical (unpaired) electrons. The molecule has 0 aliphatic carbocycles. The van der Waals surface area contributed by atoms with Gasteiger partial charge in [0.05, 0.1) is 47.5 Å². The number of carbonyl (C=O) groups is 1. The summed E-state index contributed by atoms with van der Waals surface area (Å²) in [6.45, 7) is 4.04. The monoisotopic (exact) mass is 662 g/mol. The van der Waals surface area contributed by atoms with Crippen molar-refractivity contribution in [3.63, 3.8) is 0 Å². The summed E-state index contributed by atoms with van der Waals surface area (Å²) in [4.78, 5) is 39.6. The van der Waals surface area contributed by atoms with Crippen LogP contribution in [0.2, 0.25) is 0 Å². The second-order valence-corrected chi connectivity index (χ2v) is 12.6. The van der Waals surface area contributed by atoms with E-state index in [1.54, 1.807) is 37.2 Å². The Morgan fingerprint density at radius 2 is 0.980 bits per heavy atom. The Labute approximate surface area is 292 Å². The van der Waals surface area contributed by atoms with Gasteiger partial charge in [0, 0.05) is 47.3 Å². The SMILES string of the molecule is CCC(C(=N)C(Cc1ccccc1)C(=O)C(Cc1ccccc1)C(=N)C(CC)c1ncc(-c2ccncc2)[nH]1)c1ncc(-c2ccncc2)[nH]1. The van der Waals surface area contributed by atoms with Crippen molar-refractivity contribution in [2.75, 3.05) is 0 Å². The number of hydrogen-bond donors (Lipinski definition) is 4. The van der Waals surface area contributed by atoms with Gasteiger partial charge >= 0.3 is 0 Å². The highest BCUT2D eigenvalue weighted by Gasteiger charge is 2.38. The molecule has 4 N–H and O–H groups in total. The van der Waals surface area contributed by atoms with Crippen LogP contribution in [0.1, 0.15) is 61.3 Å². The summed E-state index contributed by atoms with van der Waals surface area (Å²) in [5.74, 6) is -1.20. The Hall–Kier alpha value is -5.83. The van der Waals surface area contributed by atoms with Gasteiger partial charge in [-0.15, -0.1) is 0 Å². The first-order valence-corrected chi connectivity index (χ1v) is 17.2. The molecule has 4 heterocycles. The highest BCUT2D eigenvalue weighted by atomic mass is 16.1. The zero-order chi connectivity index (χ0) is 34.9. The summed E-state index contributed by atoms with van der Waals surface area (Å²) in [6.07, 6.45) is 12.4. The molecule has 4 atom stereocenters. The summed E-state index contributed by atoms with van der Waals surface area (Å²) < 4.78 is 0. The number of rotatable bonds is 16. The standard InChI is InChI=1S/C41H42N8O/c1-3-31(40-46-25-35(48-40)29-15-19-44-20-16-29)37(42)33(23-27-11-7-5-8-12-27)39(50)34(24-28-13-9-6-10-14-28)38(43)32(4-2)41-47-26-36(49-41)30-17-21-45-22-18-30/h5-22,25-26,31-34,42-43H,3-4,23-24H2,1-2H3,(H,46,48)(H,47,49). The number of aromatic nitrogens is 6. The van der Waals surface area contributed by atoms with Crippen LogP contribution in [0.3, 0.4) is 0 Å². The highest BCUT2D eigenvalue weighted by molar-refractivity contribution is 6.15. The number of imidazole rings is 2. The molecule has 0 fully saturated rings. The zero-order valence-corrected chi connectivity index (χ0v) is 28.4. The summed E-state index contributed by atoms with van der Waals surface area (Å²) >= 11 is 0. The molecule has 9 nitrogen and oxygen atoms in total. The molecule has 4 aromatic heterocycles. The van der Waals surface area contributed by atoms with E-state index in [0.29, 0.717) is 48.8 Å². The van der Waals surface area contributed by atoms with E-state index < -0.39 is 23.7 Å². The lowest BCUT2D eigenvalue weighted by molar-refractivity contribution is -0.123. The van der Waals surface area contributed by atoms with E-state index >= 15 is 4.79 Å². The molecular formula is C41H42N8O. The van der Waals surface area contributed by atoms with Crippen LogP contribution in [0.25, 0.3) is 22.5 Å². The number of Topliss-reactive ketones (excluding diaryl/α,β-unsaturated/α-hetero) is 1. The maximum Gasteiger partial charge on any atom is 0.150 e. The Morgan fingerprint density at radius 3 is 1.34 bits per heavy atom. The highest BCUT2D eigenvalue weighted by Crippen LogP contribution is 2.33. The predicted molar refractivity (Wildman–Crippen MR) is 197 cm³/mol. The second-order valence-electron chi connectivity index (χ2n) is 12.6. The third kappa shape index (κ3) is 7.73. The lowest BCUT2D eigenvalue weighted by Gasteiger charge is -2.29. The summed E-state index contributed by atoms with van der Waals surface area (Å²) in [5, 5.41) is 19.4. The number of H-pyrrole nitrogens is 2. The second kappa shape index (κ2) is 16.0. The van der Waals surface area contributed by atoms with E-state index in [1.807, 2.05) is 98.8 Å². The quantitative estimate of drug-likeness (QED) is 0.0770. The number of ketones is 1. The molecule has 50 heavy (non-hydrogen) atoms. The lowest BCUT2D eigenvalue weighted by Crippen LogP contribution is -2.40. The van der Waals surface area contributed by atoms with Gasteiger partial charge in [-0.1, -0.05) is 74.5 Å². The van der Waals surface area contributed by atoms with Gasteiger partial charge in [-0.3, -0.25) is 14.8 Å². The van der Waals surface area contributed by atoms with Crippen LogP contribution < -0.4 is 0 Å².